The van der Waals surface area contributed by atoms with Gasteiger partial charge in [-0.3, -0.25) is 14.9 Å². The molecule has 0 spiro atoms. The van der Waals surface area contributed by atoms with E-state index in [1.165, 1.54) is 23.0 Å². The zero-order valence-electron chi connectivity index (χ0n) is 15.1. The van der Waals surface area contributed by atoms with Gasteiger partial charge in [0.1, 0.15) is 0 Å². The highest BCUT2D eigenvalue weighted by molar-refractivity contribution is 5.92. The fraction of sp³-hybridized carbons (Fsp3) is 0.471. The Morgan fingerprint density at radius 1 is 1.37 bits per heavy atom. The molecule has 3 rings (SSSR count). The van der Waals surface area contributed by atoms with Crippen molar-refractivity contribution in [2.24, 2.45) is 5.92 Å². The van der Waals surface area contributed by atoms with E-state index in [1.54, 1.807) is 17.0 Å². The molecule has 2 heterocycles. The van der Waals surface area contributed by atoms with E-state index in [9.17, 15) is 14.9 Å². The number of nitro benzene ring substituents is 1. The molecule has 1 fully saturated rings. The van der Waals surface area contributed by atoms with Crippen molar-refractivity contribution in [2.75, 3.05) is 26.2 Å². The predicted molar refractivity (Wildman–Crippen MR) is 102 cm³/mol. The van der Waals surface area contributed by atoms with Gasteiger partial charge in [-0.05, 0) is 37.9 Å². The number of nitro groups is 1. The Morgan fingerprint density at radius 2 is 2.11 bits per heavy atom. The molecular weight excluding hydrogens is 372 g/mol. The largest absolute Gasteiger partial charge is 0.337 e. The number of likely N-dealkylation sites (tertiary alicyclic amines) is 1. The van der Waals surface area contributed by atoms with Crippen LogP contribution >= 0.6 is 12.4 Å². The van der Waals surface area contributed by atoms with E-state index in [4.69, 9.17) is 0 Å². The molecule has 0 atom stereocenters. The van der Waals surface area contributed by atoms with Gasteiger partial charge in [-0.25, -0.2) is 4.68 Å². The Hall–Kier alpha value is -2.52. The molecular formula is C17H23ClN6O3. The first-order chi connectivity index (χ1) is 12.6. The van der Waals surface area contributed by atoms with Crippen LogP contribution in [0.5, 0.6) is 0 Å². The highest BCUT2D eigenvalue weighted by Gasteiger charge is 2.25. The Balaban J connectivity index is 0.00000261. The molecule has 27 heavy (non-hydrogen) atoms. The van der Waals surface area contributed by atoms with Gasteiger partial charge in [-0.15, -0.1) is 17.5 Å². The van der Waals surface area contributed by atoms with Crippen molar-refractivity contribution in [3.8, 4) is 5.69 Å². The number of nitrogens with one attached hydrogen (secondary N) is 1. The lowest BCUT2D eigenvalue weighted by molar-refractivity contribution is -0.384. The summed E-state index contributed by atoms with van der Waals surface area (Å²) in [7, 11) is 0. The zero-order valence-corrected chi connectivity index (χ0v) is 15.9. The van der Waals surface area contributed by atoms with Crippen molar-refractivity contribution in [3.63, 3.8) is 0 Å². The van der Waals surface area contributed by atoms with Crippen LogP contribution in [0.25, 0.3) is 5.69 Å². The van der Waals surface area contributed by atoms with Crippen LogP contribution in [-0.4, -0.2) is 56.9 Å². The normalized spacial score (nSPS) is 14.6. The van der Waals surface area contributed by atoms with Crippen LogP contribution < -0.4 is 5.32 Å². The highest BCUT2D eigenvalue weighted by Crippen LogP contribution is 2.19. The smallest absolute Gasteiger partial charge is 0.276 e. The van der Waals surface area contributed by atoms with Gasteiger partial charge in [0, 0.05) is 25.2 Å². The first-order valence-electron chi connectivity index (χ1n) is 8.75. The minimum Gasteiger partial charge on any atom is -0.337 e. The number of hydrogen-bond acceptors (Lipinski definition) is 6. The van der Waals surface area contributed by atoms with E-state index in [-0.39, 0.29) is 29.7 Å². The lowest BCUT2D eigenvalue weighted by Crippen LogP contribution is -2.40. The summed E-state index contributed by atoms with van der Waals surface area (Å²) in [5.74, 6) is 0.447. The third-order valence-electron chi connectivity index (χ3n) is 4.60. The Kier molecular flexibility index (Phi) is 7.26. The van der Waals surface area contributed by atoms with Crippen molar-refractivity contribution in [2.45, 2.75) is 19.8 Å². The molecule has 1 amide bonds. The van der Waals surface area contributed by atoms with E-state index in [2.05, 4.69) is 22.6 Å². The molecule has 1 aliphatic rings. The zero-order chi connectivity index (χ0) is 18.5. The average molecular weight is 395 g/mol. The molecule has 146 valence electrons. The van der Waals surface area contributed by atoms with Crippen LogP contribution in [-0.2, 0) is 0 Å². The van der Waals surface area contributed by atoms with Gasteiger partial charge in [0.2, 0.25) is 0 Å². The summed E-state index contributed by atoms with van der Waals surface area (Å²) in [6.45, 7) is 5.45. The summed E-state index contributed by atoms with van der Waals surface area (Å²) in [5.41, 5.74) is 0.713. The van der Waals surface area contributed by atoms with E-state index in [0.717, 1.165) is 25.9 Å². The van der Waals surface area contributed by atoms with Crippen LogP contribution in [0.3, 0.4) is 0 Å². The molecule has 1 aromatic heterocycles. The average Bonchev–Trinajstić information content (AvgIpc) is 3.16. The molecule has 1 aliphatic heterocycles. The predicted octanol–water partition coefficient (Wildman–Crippen LogP) is 2.06. The second-order valence-electron chi connectivity index (χ2n) is 6.37. The molecule has 2 aromatic rings. The number of amides is 1. The molecule has 9 nitrogen and oxygen atoms in total. The highest BCUT2D eigenvalue weighted by atomic mass is 35.5. The van der Waals surface area contributed by atoms with Crippen LogP contribution in [0.15, 0.2) is 30.5 Å². The number of benzene rings is 1. The fourth-order valence-electron chi connectivity index (χ4n) is 3.09. The topological polar surface area (TPSA) is 106 Å². The molecule has 1 aromatic carbocycles. The van der Waals surface area contributed by atoms with Gasteiger partial charge in [-0.2, -0.15) is 0 Å². The number of carbonyl (C=O) groups excluding carboxylic acids is 1. The van der Waals surface area contributed by atoms with E-state index >= 15 is 0 Å². The number of aromatic nitrogens is 3. The summed E-state index contributed by atoms with van der Waals surface area (Å²) < 4.78 is 1.39. The molecule has 10 heteroatoms. The number of halogens is 1. The molecule has 1 N–H and O–H groups in total. The van der Waals surface area contributed by atoms with Gasteiger partial charge >= 0.3 is 0 Å². The van der Waals surface area contributed by atoms with Gasteiger partial charge in [0.05, 0.1) is 16.8 Å². The summed E-state index contributed by atoms with van der Waals surface area (Å²) in [6, 6.07) is 6.06. The lowest BCUT2D eigenvalue weighted by atomic mass is 9.96. The SMILES string of the molecule is CCNCC1CCN(C(=O)c2cn(-c3cccc([N+](=O)[O-])c3)nn2)CC1.Cl. The minimum atomic E-state index is -0.468. The Morgan fingerprint density at radius 3 is 2.78 bits per heavy atom. The maximum absolute atomic E-state index is 12.6. The van der Waals surface area contributed by atoms with Crippen molar-refractivity contribution in [3.05, 3.63) is 46.3 Å². The second kappa shape index (κ2) is 9.43. The number of non-ortho nitro benzene ring substituents is 1. The molecule has 0 unspecified atom stereocenters. The first kappa shape index (κ1) is 20.8. The molecule has 1 saturated heterocycles. The van der Waals surface area contributed by atoms with Gasteiger partial charge < -0.3 is 10.2 Å². The van der Waals surface area contributed by atoms with Crippen LogP contribution in [0.4, 0.5) is 5.69 Å². The third-order valence-corrected chi connectivity index (χ3v) is 4.60. The van der Waals surface area contributed by atoms with Crippen LogP contribution in [0.1, 0.15) is 30.3 Å². The second-order valence-corrected chi connectivity index (χ2v) is 6.37. The Bertz CT molecular complexity index is 788. The van der Waals surface area contributed by atoms with E-state index < -0.39 is 4.92 Å². The number of hydrogen-bond donors (Lipinski definition) is 1. The number of piperidine rings is 1. The van der Waals surface area contributed by atoms with Crippen molar-refractivity contribution in [1.82, 2.24) is 25.2 Å². The van der Waals surface area contributed by atoms with Crippen molar-refractivity contribution < 1.29 is 9.72 Å². The van der Waals surface area contributed by atoms with Gasteiger partial charge in [0.25, 0.3) is 11.6 Å². The molecule has 0 aliphatic carbocycles. The van der Waals surface area contributed by atoms with E-state index in [1.807, 2.05) is 0 Å². The summed E-state index contributed by atoms with van der Waals surface area (Å²) in [4.78, 5) is 24.8. The van der Waals surface area contributed by atoms with Gasteiger partial charge in [-0.1, -0.05) is 18.2 Å². The summed E-state index contributed by atoms with van der Waals surface area (Å²) in [6.07, 6.45) is 3.46. The number of carbonyl (C=O) groups is 1. The van der Waals surface area contributed by atoms with Crippen LogP contribution in [0, 0.1) is 16.0 Å². The maximum atomic E-state index is 12.6. The minimum absolute atomic E-state index is 0. The van der Waals surface area contributed by atoms with Gasteiger partial charge in [0.15, 0.2) is 5.69 Å². The summed E-state index contributed by atoms with van der Waals surface area (Å²) in [5, 5.41) is 22.1. The standard InChI is InChI=1S/C17H22N6O3.ClH/c1-2-18-11-13-6-8-21(9-7-13)17(24)16-12-22(20-19-16)14-4-3-5-15(10-14)23(25)26;/h3-5,10,12-13,18H,2,6-9,11H2,1H3;1H. The number of nitrogens with zero attached hydrogens (tertiary/aromatic N) is 5. The first-order valence-corrected chi connectivity index (χ1v) is 8.75. The fourth-order valence-corrected chi connectivity index (χ4v) is 3.09. The van der Waals surface area contributed by atoms with Crippen LogP contribution in [0.2, 0.25) is 0 Å². The molecule has 0 saturated carbocycles. The third kappa shape index (κ3) is 5.01. The van der Waals surface area contributed by atoms with Crippen molar-refractivity contribution >= 4 is 24.0 Å². The van der Waals surface area contributed by atoms with Crippen molar-refractivity contribution in [1.29, 1.82) is 0 Å². The monoisotopic (exact) mass is 394 g/mol. The molecule has 0 bridgehead atoms. The number of rotatable bonds is 6. The maximum Gasteiger partial charge on any atom is 0.276 e. The quantitative estimate of drug-likeness (QED) is 0.593. The Labute approximate surface area is 163 Å². The van der Waals surface area contributed by atoms with E-state index in [0.29, 0.717) is 24.7 Å². The molecule has 0 radical (unpaired) electrons. The summed E-state index contributed by atoms with van der Waals surface area (Å²) >= 11 is 0. The lowest BCUT2D eigenvalue weighted by Gasteiger charge is -2.31.